The summed E-state index contributed by atoms with van der Waals surface area (Å²) in [6.07, 6.45) is -5.68. The Morgan fingerprint density at radius 3 is 2.00 bits per heavy atom. The summed E-state index contributed by atoms with van der Waals surface area (Å²) in [5.74, 6) is -2.71. The first-order valence-corrected chi connectivity index (χ1v) is 10.1. The number of carbonyl (C=O) groups excluding carboxylic acids is 2. The number of rotatable bonds is 3. The van der Waals surface area contributed by atoms with Crippen molar-refractivity contribution in [1.82, 2.24) is 0 Å². The molecular weight excluding hydrogens is 440 g/mol. The van der Waals surface area contributed by atoms with Crippen molar-refractivity contribution < 1.29 is 32.0 Å². The highest BCUT2D eigenvalue weighted by atomic mass is 19.4. The maximum Gasteiger partial charge on any atom is 0.416 e. The fourth-order valence-electron chi connectivity index (χ4n) is 4.27. The Labute approximate surface area is 185 Å². The number of hydroxylamine groups is 1. The molecular formula is C24H16F4N2O3. The Hall–Kier alpha value is -3.72. The Bertz CT molecular complexity index is 1200. The molecule has 5 nitrogen and oxygen atoms in total. The van der Waals surface area contributed by atoms with Crippen LogP contribution in [0.15, 0.2) is 78.9 Å². The van der Waals surface area contributed by atoms with Crippen LogP contribution in [0.4, 0.5) is 28.9 Å². The minimum absolute atomic E-state index is 0.196. The maximum atomic E-state index is 13.4. The number of imide groups is 1. The lowest BCUT2D eigenvalue weighted by Crippen LogP contribution is -2.37. The highest BCUT2D eigenvalue weighted by molar-refractivity contribution is 6.23. The van der Waals surface area contributed by atoms with E-state index >= 15 is 0 Å². The zero-order chi connectivity index (χ0) is 23.3. The first-order valence-electron chi connectivity index (χ1n) is 10.1. The lowest BCUT2D eigenvalue weighted by atomic mass is 9.90. The Morgan fingerprint density at radius 2 is 1.39 bits per heavy atom. The van der Waals surface area contributed by atoms with Crippen molar-refractivity contribution >= 4 is 23.2 Å². The molecule has 0 aliphatic carbocycles. The summed E-state index contributed by atoms with van der Waals surface area (Å²) in [6.45, 7) is 0. The number of anilines is 2. The summed E-state index contributed by atoms with van der Waals surface area (Å²) < 4.78 is 52.5. The Balaban J connectivity index is 1.57. The van der Waals surface area contributed by atoms with E-state index in [2.05, 4.69) is 0 Å². The SMILES string of the molecule is O=C1[C@H]2[C@@H](c3ccc(C(F)(F)F)cc3)N(c3ccccc3)O[C@H]2C(=O)N1c1ccc(F)cc1. The molecule has 0 spiro atoms. The molecule has 0 saturated carbocycles. The third-order valence-electron chi connectivity index (χ3n) is 5.79. The maximum absolute atomic E-state index is 13.4. The predicted octanol–water partition coefficient (Wildman–Crippen LogP) is 4.90. The lowest BCUT2D eigenvalue weighted by molar-refractivity contribution is -0.137. The van der Waals surface area contributed by atoms with Crippen molar-refractivity contribution in [2.75, 3.05) is 9.96 Å². The van der Waals surface area contributed by atoms with Gasteiger partial charge in [0.15, 0.2) is 6.10 Å². The van der Waals surface area contributed by atoms with Crippen LogP contribution in [0, 0.1) is 11.7 Å². The van der Waals surface area contributed by atoms with E-state index in [1.807, 2.05) is 0 Å². The topological polar surface area (TPSA) is 49.9 Å². The quantitative estimate of drug-likeness (QED) is 0.416. The van der Waals surface area contributed by atoms with E-state index in [0.717, 1.165) is 29.2 Å². The monoisotopic (exact) mass is 456 g/mol. The van der Waals surface area contributed by atoms with Gasteiger partial charge in [-0.3, -0.25) is 14.4 Å². The van der Waals surface area contributed by atoms with E-state index in [1.165, 1.54) is 29.3 Å². The van der Waals surface area contributed by atoms with Crippen molar-refractivity contribution in [1.29, 1.82) is 0 Å². The van der Waals surface area contributed by atoms with Gasteiger partial charge in [0, 0.05) is 0 Å². The average molecular weight is 456 g/mol. The molecule has 0 aromatic heterocycles. The van der Waals surface area contributed by atoms with E-state index in [-0.39, 0.29) is 5.69 Å². The molecule has 0 radical (unpaired) electrons. The third-order valence-corrected chi connectivity index (χ3v) is 5.79. The highest BCUT2D eigenvalue weighted by Crippen LogP contribution is 2.47. The summed E-state index contributed by atoms with van der Waals surface area (Å²) in [5.41, 5.74) is 0.309. The van der Waals surface area contributed by atoms with Gasteiger partial charge in [0.05, 0.1) is 23.0 Å². The molecule has 2 fully saturated rings. The van der Waals surface area contributed by atoms with Crippen molar-refractivity contribution in [3.63, 3.8) is 0 Å². The second-order valence-electron chi connectivity index (χ2n) is 7.77. The molecule has 3 aromatic rings. The predicted molar refractivity (Wildman–Crippen MR) is 110 cm³/mol. The molecule has 5 rings (SSSR count). The molecule has 3 atom stereocenters. The summed E-state index contributed by atoms with van der Waals surface area (Å²) in [7, 11) is 0. The zero-order valence-corrected chi connectivity index (χ0v) is 16.9. The molecule has 9 heteroatoms. The Kier molecular flexibility index (Phi) is 4.93. The lowest BCUT2D eigenvalue weighted by Gasteiger charge is -2.29. The first kappa shape index (κ1) is 21.1. The molecule has 33 heavy (non-hydrogen) atoms. The molecule has 2 aliphatic rings. The summed E-state index contributed by atoms with van der Waals surface area (Å²) >= 11 is 0. The number of carbonyl (C=O) groups is 2. The fourth-order valence-corrected chi connectivity index (χ4v) is 4.27. The van der Waals surface area contributed by atoms with Crippen LogP contribution in [0.1, 0.15) is 17.2 Å². The molecule has 0 N–H and O–H groups in total. The van der Waals surface area contributed by atoms with E-state index in [4.69, 9.17) is 4.84 Å². The van der Waals surface area contributed by atoms with Crippen LogP contribution in [0.2, 0.25) is 0 Å². The van der Waals surface area contributed by atoms with Crippen LogP contribution >= 0.6 is 0 Å². The normalized spacial score (nSPS) is 22.7. The number of hydrogen-bond donors (Lipinski definition) is 0. The molecule has 168 valence electrons. The van der Waals surface area contributed by atoms with Crippen molar-refractivity contribution in [3.05, 3.63) is 95.8 Å². The van der Waals surface area contributed by atoms with Crippen LogP contribution in [0.25, 0.3) is 0 Å². The van der Waals surface area contributed by atoms with Crippen LogP contribution in [0.5, 0.6) is 0 Å². The van der Waals surface area contributed by atoms with Gasteiger partial charge in [-0.05, 0) is 54.1 Å². The molecule has 2 aliphatic heterocycles. The van der Waals surface area contributed by atoms with Gasteiger partial charge in [-0.15, -0.1) is 0 Å². The molecule has 2 amide bonds. The minimum Gasteiger partial charge on any atom is -0.273 e. The van der Waals surface area contributed by atoms with Gasteiger partial charge < -0.3 is 0 Å². The number of amides is 2. The number of para-hydroxylation sites is 1. The van der Waals surface area contributed by atoms with E-state index < -0.39 is 47.4 Å². The largest absolute Gasteiger partial charge is 0.416 e. The van der Waals surface area contributed by atoms with Gasteiger partial charge in [0.25, 0.3) is 5.91 Å². The fraction of sp³-hybridized carbons (Fsp3) is 0.167. The number of alkyl halides is 3. The number of nitrogens with zero attached hydrogens (tertiary/aromatic N) is 2. The summed E-state index contributed by atoms with van der Waals surface area (Å²) in [6, 6.07) is 17.2. The third kappa shape index (κ3) is 3.54. The van der Waals surface area contributed by atoms with Gasteiger partial charge in [0.1, 0.15) is 11.7 Å². The van der Waals surface area contributed by atoms with Gasteiger partial charge in [-0.25, -0.2) is 14.4 Å². The van der Waals surface area contributed by atoms with Crippen molar-refractivity contribution in [2.24, 2.45) is 5.92 Å². The first-order chi connectivity index (χ1) is 15.8. The van der Waals surface area contributed by atoms with E-state index in [9.17, 15) is 27.2 Å². The molecule has 3 aromatic carbocycles. The van der Waals surface area contributed by atoms with Gasteiger partial charge in [-0.1, -0.05) is 30.3 Å². The zero-order valence-electron chi connectivity index (χ0n) is 16.9. The van der Waals surface area contributed by atoms with E-state index in [1.54, 1.807) is 30.3 Å². The molecule has 2 heterocycles. The van der Waals surface area contributed by atoms with Crippen LogP contribution < -0.4 is 9.96 Å². The van der Waals surface area contributed by atoms with Crippen molar-refractivity contribution in [3.8, 4) is 0 Å². The van der Waals surface area contributed by atoms with Gasteiger partial charge >= 0.3 is 6.18 Å². The average Bonchev–Trinajstić information content (AvgIpc) is 3.31. The van der Waals surface area contributed by atoms with Crippen molar-refractivity contribution in [2.45, 2.75) is 18.3 Å². The van der Waals surface area contributed by atoms with Crippen LogP contribution in [-0.2, 0) is 20.6 Å². The second-order valence-corrected chi connectivity index (χ2v) is 7.77. The molecule has 0 unspecified atom stereocenters. The number of hydrogen-bond acceptors (Lipinski definition) is 4. The standard InChI is InChI=1S/C24H16F4N2O3/c25-16-10-12-17(13-11-16)29-22(31)19-20(14-6-8-15(9-7-14)24(26,27)28)30(33-21(19)23(29)32)18-4-2-1-3-5-18/h1-13,19-21H/t19-,20+,21+/m0/s1. The number of fused-ring (bicyclic) bond motifs is 1. The number of halogens is 4. The van der Waals surface area contributed by atoms with E-state index in [0.29, 0.717) is 11.3 Å². The molecule has 2 saturated heterocycles. The van der Waals surface area contributed by atoms with Crippen LogP contribution in [0.3, 0.4) is 0 Å². The summed E-state index contributed by atoms with van der Waals surface area (Å²) in [5, 5.41) is 1.40. The smallest absolute Gasteiger partial charge is 0.273 e. The Morgan fingerprint density at radius 1 is 0.758 bits per heavy atom. The van der Waals surface area contributed by atoms with Gasteiger partial charge in [-0.2, -0.15) is 13.2 Å². The van der Waals surface area contributed by atoms with Crippen LogP contribution in [-0.4, -0.2) is 17.9 Å². The van der Waals surface area contributed by atoms with Gasteiger partial charge in [0.2, 0.25) is 5.91 Å². The number of benzene rings is 3. The molecule has 0 bridgehead atoms. The minimum atomic E-state index is -4.51. The second kappa shape index (κ2) is 7.70. The summed E-state index contributed by atoms with van der Waals surface area (Å²) in [4.78, 5) is 33.4. The highest BCUT2D eigenvalue weighted by Gasteiger charge is 2.60.